The van der Waals surface area contributed by atoms with Crippen LogP contribution in [0.15, 0.2) is 0 Å². The van der Waals surface area contributed by atoms with E-state index in [1.165, 1.54) is 0 Å². The van der Waals surface area contributed by atoms with Crippen LogP contribution < -0.4 is 5.32 Å². The molecular formula is C9H18N2O3. The molecule has 0 spiro atoms. The number of nitrogens with zero attached hydrogens (tertiary/aromatic N) is 1. The van der Waals surface area contributed by atoms with E-state index < -0.39 is 0 Å². The Hall–Kier alpha value is -0.650. The van der Waals surface area contributed by atoms with Gasteiger partial charge >= 0.3 is 0 Å². The maximum atomic E-state index is 11.3. The third-order valence-electron chi connectivity index (χ3n) is 2.28. The number of nitrogens with one attached hydrogen (secondary N) is 1. The van der Waals surface area contributed by atoms with E-state index in [2.05, 4.69) is 5.32 Å². The van der Waals surface area contributed by atoms with Gasteiger partial charge in [0.1, 0.15) is 0 Å². The molecule has 1 aliphatic rings. The molecule has 0 aromatic carbocycles. The minimum absolute atomic E-state index is 0.00727. The first-order chi connectivity index (χ1) is 6.77. The first-order valence-electron chi connectivity index (χ1n) is 4.97. The second kappa shape index (κ2) is 5.95. The zero-order valence-corrected chi connectivity index (χ0v) is 8.53. The lowest BCUT2D eigenvalue weighted by atomic mass is 10.2. The number of carbonyl (C=O) groups is 1. The molecule has 0 aromatic heterocycles. The second-order valence-corrected chi connectivity index (χ2v) is 3.34. The topological polar surface area (TPSA) is 61.8 Å². The third kappa shape index (κ3) is 3.25. The maximum Gasteiger partial charge on any atom is 0.234 e. The number of likely N-dealkylation sites (N-methyl/N-ethyl adjacent to an activating group) is 1. The van der Waals surface area contributed by atoms with Gasteiger partial charge in [-0.1, -0.05) is 0 Å². The van der Waals surface area contributed by atoms with Gasteiger partial charge in [-0.2, -0.15) is 0 Å². The van der Waals surface area contributed by atoms with Crippen LogP contribution >= 0.6 is 0 Å². The van der Waals surface area contributed by atoms with Gasteiger partial charge in [0.2, 0.25) is 5.91 Å². The highest BCUT2D eigenvalue weighted by Crippen LogP contribution is 2.05. The van der Waals surface area contributed by atoms with E-state index in [9.17, 15) is 4.79 Å². The van der Waals surface area contributed by atoms with E-state index in [0.717, 1.165) is 0 Å². The van der Waals surface area contributed by atoms with Crippen molar-refractivity contribution in [3.05, 3.63) is 0 Å². The van der Waals surface area contributed by atoms with E-state index in [1.54, 1.807) is 0 Å². The van der Waals surface area contributed by atoms with Gasteiger partial charge in [0, 0.05) is 13.1 Å². The molecule has 1 atom stereocenters. The lowest BCUT2D eigenvalue weighted by molar-refractivity contribution is -0.125. The fourth-order valence-electron chi connectivity index (χ4n) is 1.50. The maximum absolute atomic E-state index is 11.3. The second-order valence-electron chi connectivity index (χ2n) is 3.34. The highest BCUT2D eigenvalue weighted by Gasteiger charge is 2.23. The monoisotopic (exact) mass is 202 g/mol. The molecular weight excluding hydrogens is 184 g/mol. The normalized spacial score (nSPS) is 23.4. The van der Waals surface area contributed by atoms with Gasteiger partial charge in [-0.25, -0.2) is 0 Å². The summed E-state index contributed by atoms with van der Waals surface area (Å²) >= 11 is 0. The van der Waals surface area contributed by atoms with Crippen molar-refractivity contribution in [2.75, 3.05) is 39.5 Å². The quantitative estimate of drug-likeness (QED) is 0.602. The fourth-order valence-corrected chi connectivity index (χ4v) is 1.50. The molecule has 0 aromatic rings. The Bertz CT molecular complexity index is 187. The van der Waals surface area contributed by atoms with E-state index in [0.29, 0.717) is 32.8 Å². The molecule has 1 rings (SSSR count). The largest absolute Gasteiger partial charge is 0.395 e. The zero-order chi connectivity index (χ0) is 10.4. The summed E-state index contributed by atoms with van der Waals surface area (Å²) in [5, 5.41) is 11.8. The molecule has 0 radical (unpaired) electrons. The molecule has 1 amide bonds. The molecule has 1 heterocycles. The molecule has 1 saturated heterocycles. The van der Waals surface area contributed by atoms with Crippen molar-refractivity contribution in [3.63, 3.8) is 0 Å². The standard InChI is InChI=1S/C9H18N2O3/c1-2-10-9(13)5-11-3-4-14-7-8(11)6-12/h8,12H,2-7H2,1H3,(H,10,13). The van der Waals surface area contributed by atoms with Crippen molar-refractivity contribution in [2.24, 2.45) is 0 Å². The Morgan fingerprint density at radius 2 is 2.50 bits per heavy atom. The SMILES string of the molecule is CCNC(=O)CN1CCOCC1CO. The predicted molar refractivity (Wildman–Crippen MR) is 51.9 cm³/mol. The fraction of sp³-hybridized carbons (Fsp3) is 0.889. The summed E-state index contributed by atoms with van der Waals surface area (Å²) in [7, 11) is 0. The van der Waals surface area contributed by atoms with Crippen molar-refractivity contribution >= 4 is 5.91 Å². The van der Waals surface area contributed by atoms with Crippen molar-refractivity contribution < 1.29 is 14.6 Å². The number of rotatable bonds is 4. The van der Waals surface area contributed by atoms with Gasteiger partial charge in [0.25, 0.3) is 0 Å². The van der Waals surface area contributed by atoms with E-state index in [4.69, 9.17) is 9.84 Å². The van der Waals surface area contributed by atoms with Crippen LogP contribution in [0, 0.1) is 0 Å². The van der Waals surface area contributed by atoms with Gasteiger partial charge in [-0.15, -0.1) is 0 Å². The van der Waals surface area contributed by atoms with E-state index in [-0.39, 0.29) is 18.6 Å². The lowest BCUT2D eigenvalue weighted by Gasteiger charge is -2.33. The van der Waals surface area contributed by atoms with Gasteiger partial charge in [-0.05, 0) is 6.92 Å². The number of carbonyl (C=O) groups excluding carboxylic acids is 1. The van der Waals surface area contributed by atoms with Crippen LogP contribution in [0.5, 0.6) is 0 Å². The Morgan fingerprint density at radius 3 is 3.14 bits per heavy atom. The lowest BCUT2D eigenvalue weighted by Crippen LogP contribution is -2.51. The molecule has 0 aliphatic carbocycles. The van der Waals surface area contributed by atoms with E-state index >= 15 is 0 Å². The Labute approximate surface area is 84.0 Å². The molecule has 0 saturated carbocycles. The molecule has 5 heteroatoms. The van der Waals surface area contributed by atoms with Crippen molar-refractivity contribution in [2.45, 2.75) is 13.0 Å². The average Bonchev–Trinajstić information content (AvgIpc) is 2.19. The van der Waals surface area contributed by atoms with Crippen LogP contribution in [-0.4, -0.2) is 61.4 Å². The number of morpholine rings is 1. The molecule has 0 bridgehead atoms. The Kier molecular flexibility index (Phi) is 4.86. The number of aliphatic hydroxyl groups excluding tert-OH is 1. The first-order valence-corrected chi connectivity index (χ1v) is 4.97. The summed E-state index contributed by atoms with van der Waals surface area (Å²) in [5.74, 6) is 0.00727. The predicted octanol–water partition coefficient (Wildman–Crippen LogP) is -1.18. The van der Waals surface area contributed by atoms with Crippen LogP contribution in [0.3, 0.4) is 0 Å². The zero-order valence-electron chi connectivity index (χ0n) is 8.53. The average molecular weight is 202 g/mol. The Balaban J connectivity index is 2.36. The first kappa shape index (κ1) is 11.4. The molecule has 14 heavy (non-hydrogen) atoms. The summed E-state index contributed by atoms with van der Waals surface area (Å²) in [6, 6.07) is -0.0358. The molecule has 1 aliphatic heterocycles. The van der Waals surface area contributed by atoms with Crippen LogP contribution in [0.25, 0.3) is 0 Å². The summed E-state index contributed by atoms with van der Waals surface area (Å²) in [6.07, 6.45) is 0. The van der Waals surface area contributed by atoms with Gasteiger partial charge in [0.15, 0.2) is 0 Å². The summed E-state index contributed by atoms with van der Waals surface area (Å²) in [5.41, 5.74) is 0. The number of amides is 1. The minimum atomic E-state index is -0.0358. The van der Waals surface area contributed by atoms with Crippen LogP contribution in [0.4, 0.5) is 0 Å². The highest BCUT2D eigenvalue weighted by molar-refractivity contribution is 5.77. The number of aliphatic hydroxyl groups is 1. The van der Waals surface area contributed by atoms with Crippen molar-refractivity contribution in [1.82, 2.24) is 10.2 Å². The van der Waals surface area contributed by atoms with E-state index in [1.807, 2.05) is 11.8 Å². The Morgan fingerprint density at radius 1 is 1.71 bits per heavy atom. The minimum Gasteiger partial charge on any atom is -0.395 e. The molecule has 1 fully saturated rings. The summed E-state index contributed by atoms with van der Waals surface area (Å²) in [6.45, 7) is 4.78. The molecule has 5 nitrogen and oxygen atoms in total. The van der Waals surface area contributed by atoms with Crippen molar-refractivity contribution in [3.8, 4) is 0 Å². The van der Waals surface area contributed by atoms with Crippen LogP contribution in [0.1, 0.15) is 6.92 Å². The smallest absolute Gasteiger partial charge is 0.234 e. The molecule has 82 valence electrons. The van der Waals surface area contributed by atoms with Gasteiger partial charge < -0.3 is 15.2 Å². The number of hydrogen-bond donors (Lipinski definition) is 2. The number of hydrogen-bond acceptors (Lipinski definition) is 4. The van der Waals surface area contributed by atoms with Crippen LogP contribution in [0.2, 0.25) is 0 Å². The van der Waals surface area contributed by atoms with Gasteiger partial charge in [0.05, 0.1) is 32.4 Å². The number of ether oxygens (including phenoxy) is 1. The summed E-state index contributed by atoms with van der Waals surface area (Å²) in [4.78, 5) is 13.3. The third-order valence-corrected chi connectivity index (χ3v) is 2.28. The van der Waals surface area contributed by atoms with Crippen molar-refractivity contribution in [1.29, 1.82) is 0 Å². The molecule has 2 N–H and O–H groups in total. The summed E-state index contributed by atoms with van der Waals surface area (Å²) < 4.78 is 5.21. The molecule has 1 unspecified atom stereocenters. The van der Waals surface area contributed by atoms with Gasteiger partial charge in [-0.3, -0.25) is 9.69 Å². The highest BCUT2D eigenvalue weighted by atomic mass is 16.5. The van der Waals surface area contributed by atoms with Crippen LogP contribution in [-0.2, 0) is 9.53 Å².